The summed E-state index contributed by atoms with van der Waals surface area (Å²) in [5.41, 5.74) is -0.312. The van der Waals surface area contributed by atoms with Crippen LogP contribution in [0.25, 0.3) is 0 Å². The van der Waals surface area contributed by atoms with Crippen LogP contribution in [-0.2, 0) is 17.5 Å². The van der Waals surface area contributed by atoms with Gasteiger partial charge in [-0.2, -0.15) is 18.3 Å². The molecule has 1 heterocycles. The maximum Gasteiger partial charge on any atom is 0.573 e. The fourth-order valence-corrected chi connectivity index (χ4v) is 2.77. The van der Waals surface area contributed by atoms with Gasteiger partial charge in [0.25, 0.3) is 0 Å². The average Bonchev–Trinajstić information content (AvgIpc) is 3.34. The number of amides is 1. The summed E-state index contributed by atoms with van der Waals surface area (Å²) in [6.45, 7) is 1.48. The Morgan fingerprint density at radius 3 is 2.34 bits per heavy atom. The van der Waals surface area contributed by atoms with E-state index in [-0.39, 0.29) is 18.2 Å². The van der Waals surface area contributed by atoms with Crippen LogP contribution in [0, 0.1) is 5.92 Å². The first-order valence-corrected chi connectivity index (χ1v) is 8.74. The van der Waals surface area contributed by atoms with E-state index in [2.05, 4.69) is 15.2 Å². The minimum Gasteiger partial charge on any atom is -0.406 e. The summed E-state index contributed by atoms with van der Waals surface area (Å²) >= 11 is 0. The summed E-state index contributed by atoms with van der Waals surface area (Å²) in [6, 6.07) is 5.57. The lowest BCUT2D eigenvalue weighted by Gasteiger charge is -2.15. The van der Waals surface area contributed by atoms with Crippen LogP contribution >= 0.6 is 0 Å². The Morgan fingerprint density at radius 1 is 1.21 bits per heavy atom. The molecule has 11 heteroatoms. The molecule has 1 aromatic heterocycles. The van der Waals surface area contributed by atoms with Crippen LogP contribution in [0.3, 0.4) is 0 Å². The highest BCUT2D eigenvalue weighted by atomic mass is 19.4. The Balaban J connectivity index is 1.64. The zero-order chi connectivity index (χ0) is 21.4. The summed E-state index contributed by atoms with van der Waals surface area (Å²) in [4.78, 5) is 12.3. The minimum absolute atomic E-state index is 0.00929. The number of halogens is 6. The Labute approximate surface area is 161 Å². The first-order valence-electron chi connectivity index (χ1n) is 8.74. The molecule has 3 rings (SSSR count). The lowest BCUT2D eigenvalue weighted by Crippen LogP contribution is -2.25. The smallest absolute Gasteiger partial charge is 0.406 e. The van der Waals surface area contributed by atoms with Crippen molar-refractivity contribution in [2.45, 2.75) is 44.8 Å². The second kappa shape index (κ2) is 7.60. The van der Waals surface area contributed by atoms with Gasteiger partial charge in [0, 0.05) is 17.3 Å². The van der Waals surface area contributed by atoms with Crippen LogP contribution in [0.2, 0.25) is 0 Å². The maximum absolute atomic E-state index is 12.9. The molecule has 158 valence electrons. The molecule has 0 saturated heterocycles. The SMILES string of the molecule is CC(Cn1nc(C(F)(F)F)cc1C1CC1)C(=O)Nc1ccc(OC(F)(F)F)cc1. The number of carbonyl (C=O) groups is 1. The van der Waals surface area contributed by atoms with E-state index in [0.717, 1.165) is 31.0 Å². The van der Waals surface area contributed by atoms with Crippen molar-refractivity contribution >= 4 is 11.6 Å². The molecule has 1 amide bonds. The first kappa shape index (κ1) is 21.0. The second-order valence-corrected chi connectivity index (χ2v) is 6.87. The molecule has 1 atom stereocenters. The van der Waals surface area contributed by atoms with Crippen LogP contribution in [-0.4, -0.2) is 22.1 Å². The largest absolute Gasteiger partial charge is 0.573 e. The molecular weight excluding hydrogens is 404 g/mol. The molecule has 29 heavy (non-hydrogen) atoms. The quantitative estimate of drug-likeness (QED) is 0.672. The van der Waals surface area contributed by atoms with Crippen molar-refractivity contribution in [2.24, 2.45) is 5.92 Å². The molecule has 2 aromatic rings. The van der Waals surface area contributed by atoms with Gasteiger partial charge in [-0.15, -0.1) is 13.2 Å². The minimum atomic E-state index is -4.82. The molecule has 1 N–H and O–H groups in total. The summed E-state index contributed by atoms with van der Waals surface area (Å²) in [6.07, 6.45) is -7.84. The van der Waals surface area contributed by atoms with Gasteiger partial charge in [-0.1, -0.05) is 6.92 Å². The Hall–Kier alpha value is -2.72. The Bertz CT molecular complexity index is 869. The number of ether oxygens (including phenoxy) is 1. The normalized spacial score (nSPS) is 15.8. The number of anilines is 1. The summed E-state index contributed by atoms with van der Waals surface area (Å²) in [7, 11) is 0. The second-order valence-electron chi connectivity index (χ2n) is 6.87. The number of rotatable bonds is 6. The van der Waals surface area contributed by atoms with Gasteiger partial charge in [-0.05, 0) is 43.2 Å². The fraction of sp³-hybridized carbons (Fsp3) is 0.444. The molecule has 0 spiro atoms. The highest BCUT2D eigenvalue weighted by Gasteiger charge is 2.38. The van der Waals surface area contributed by atoms with E-state index >= 15 is 0 Å². The van der Waals surface area contributed by atoms with Crippen molar-refractivity contribution in [1.82, 2.24) is 9.78 Å². The van der Waals surface area contributed by atoms with Gasteiger partial charge in [0.15, 0.2) is 5.69 Å². The number of nitrogens with zero attached hydrogens (tertiary/aromatic N) is 2. The lowest BCUT2D eigenvalue weighted by molar-refractivity contribution is -0.274. The molecule has 1 saturated carbocycles. The van der Waals surface area contributed by atoms with Crippen LogP contribution < -0.4 is 10.1 Å². The van der Waals surface area contributed by atoms with E-state index in [1.54, 1.807) is 0 Å². The first-order chi connectivity index (χ1) is 13.4. The van der Waals surface area contributed by atoms with E-state index < -0.39 is 35.8 Å². The van der Waals surface area contributed by atoms with Crippen LogP contribution in [0.1, 0.15) is 37.1 Å². The number of alkyl halides is 6. The number of benzene rings is 1. The zero-order valence-corrected chi connectivity index (χ0v) is 15.1. The average molecular weight is 421 g/mol. The van der Waals surface area contributed by atoms with Gasteiger partial charge in [-0.3, -0.25) is 9.48 Å². The predicted octanol–water partition coefficient (Wildman–Crippen LogP) is 4.95. The van der Waals surface area contributed by atoms with Crippen molar-refractivity contribution < 1.29 is 35.9 Å². The van der Waals surface area contributed by atoms with Crippen LogP contribution in [0.4, 0.5) is 32.0 Å². The van der Waals surface area contributed by atoms with Crippen LogP contribution in [0.15, 0.2) is 30.3 Å². The topological polar surface area (TPSA) is 56.2 Å². The molecular formula is C18H17F6N3O2. The monoisotopic (exact) mass is 421 g/mol. The van der Waals surface area contributed by atoms with Gasteiger partial charge >= 0.3 is 12.5 Å². The number of carbonyl (C=O) groups excluding carboxylic acids is 1. The molecule has 5 nitrogen and oxygen atoms in total. The van der Waals surface area contributed by atoms with E-state index in [9.17, 15) is 31.1 Å². The van der Waals surface area contributed by atoms with Crippen molar-refractivity contribution in [2.75, 3.05) is 5.32 Å². The Kier molecular flexibility index (Phi) is 5.50. The molecule has 1 unspecified atom stereocenters. The predicted molar refractivity (Wildman–Crippen MR) is 90.1 cm³/mol. The fourth-order valence-electron chi connectivity index (χ4n) is 2.77. The van der Waals surface area contributed by atoms with Crippen molar-refractivity contribution in [3.8, 4) is 5.75 Å². The third-order valence-electron chi connectivity index (χ3n) is 4.35. The standard InChI is InChI=1S/C18H17F6N3O2/c1-10(9-27-14(11-2-3-11)8-15(26-27)17(19,20)21)16(28)25-12-4-6-13(7-5-12)29-18(22,23)24/h4-8,10-11H,2-3,9H2,1H3,(H,25,28). The van der Waals surface area contributed by atoms with Crippen LogP contribution in [0.5, 0.6) is 5.75 Å². The number of hydrogen-bond donors (Lipinski definition) is 1. The molecule has 1 aromatic carbocycles. The number of nitrogens with one attached hydrogen (secondary N) is 1. The molecule has 1 fully saturated rings. The van der Waals surface area contributed by atoms with Gasteiger partial charge in [0.05, 0.1) is 12.5 Å². The van der Waals surface area contributed by atoms with Gasteiger partial charge < -0.3 is 10.1 Å². The van der Waals surface area contributed by atoms with Crippen molar-refractivity contribution in [1.29, 1.82) is 0 Å². The van der Waals surface area contributed by atoms with E-state index in [1.807, 2.05) is 0 Å². The third kappa shape index (κ3) is 5.64. The summed E-state index contributed by atoms with van der Waals surface area (Å²) in [5.74, 6) is -1.65. The maximum atomic E-state index is 12.9. The molecule has 1 aliphatic rings. The van der Waals surface area contributed by atoms with E-state index in [1.165, 1.54) is 23.7 Å². The molecule has 0 radical (unpaired) electrons. The van der Waals surface area contributed by atoms with Crippen molar-refractivity contribution in [3.05, 3.63) is 41.7 Å². The zero-order valence-electron chi connectivity index (χ0n) is 15.1. The van der Waals surface area contributed by atoms with Gasteiger partial charge in [0.2, 0.25) is 5.91 Å². The molecule has 0 aliphatic heterocycles. The van der Waals surface area contributed by atoms with E-state index in [4.69, 9.17) is 0 Å². The van der Waals surface area contributed by atoms with E-state index in [0.29, 0.717) is 5.69 Å². The van der Waals surface area contributed by atoms with Gasteiger partial charge in [-0.25, -0.2) is 0 Å². The Morgan fingerprint density at radius 2 is 1.83 bits per heavy atom. The summed E-state index contributed by atoms with van der Waals surface area (Å²) in [5, 5.41) is 6.12. The molecule has 0 bridgehead atoms. The van der Waals surface area contributed by atoms with Crippen molar-refractivity contribution in [3.63, 3.8) is 0 Å². The number of hydrogen-bond acceptors (Lipinski definition) is 3. The van der Waals surface area contributed by atoms with Gasteiger partial charge in [0.1, 0.15) is 5.75 Å². The molecule has 1 aliphatic carbocycles. The lowest BCUT2D eigenvalue weighted by atomic mass is 10.1. The highest BCUT2D eigenvalue weighted by Crippen LogP contribution is 2.42. The number of aromatic nitrogens is 2. The highest BCUT2D eigenvalue weighted by molar-refractivity contribution is 5.92. The summed E-state index contributed by atoms with van der Waals surface area (Å²) < 4.78 is 80.3. The third-order valence-corrected chi connectivity index (χ3v) is 4.35.